The Kier molecular flexibility index (Phi) is 4.27. The maximum Gasteiger partial charge on any atom is 0.313 e. The maximum absolute atomic E-state index is 13.6. The molecule has 0 N–H and O–H groups in total. The summed E-state index contributed by atoms with van der Waals surface area (Å²) in [6.07, 6.45) is 0. The van der Waals surface area contributed by atoms with Crippen LogP contribution in [0.4, 0.5) is 4.39 Å². The molecule has 0 spiro atoms. The molecule has 0 saturated carbocycles. The SMILES string of the molecule is CCOC(=O)C(C)c1cccc(Br)c1F. The molecule has 1 rings (SSSR count). The van der Waals surface area contributed by atoms with E-state index in [9.17, 15) is 9.18 Å². The van der Waals surface area contributed by atoms with Gasteiger partial charge in [0.05, 0.1) is 17.0 Å². The van der Waals surface area contributed by atoms with Crippen molar-refractivity contribution in [2.75, 3.05) is 6.61 Å². The van der Waals surface area contributed by atoms with Gasteiger partial charge in [0.15, 0.2) is 0 Å². The van der Waals surface area contributed by atoms with Crippen molar-refractivity contribution in [2.24, 2.45) is 0 Å². The van der Waals surface area contributed by atoms with Crippen LogP contribution in [0, 0.1) is 5.82 Å². The zero-order valence-electron chi connectivity index (χ0n) is 8.59. The number of halogens is 2. The van der Waals surface area contributed by atoms with E-state index in [4.69, 9.17) is 4.74 Å². The van der Waals surface area contributed by atoms with Crippen molar-refractivity contribution in [3.63, 3.8) is 0 Å². The molecule has 0 heterocycles. The van der Waals surface area contributed by atoms with Crippen LogP contribution < -0.4 is 0 Å². The zero-order chi connectivity index (χ0) is 11.4. The van der Waals surface area contributed by atoms with Gasteiger partial charge in [-0.1, -0.05) is 12.1 Å². The van der Waals surface area contributed by atoms with Crippen molar-refractivity contribution in [3.05, 3.63) is 34.1 Å². The summed E-state index contributed by atoms with van der Waals surface area (Å²) >= 11 is 3.08. The first kappa shape index (κ1) is 12.2. The standard InChI is InChI=1S/C11H12BrFO2/c1-3-15-11(14)7(2)8-5-4-6-9(12)10(8)13/h4-7H,3H2,1-2H3. The Labute approximate surface area is 96.6 Å². The molecule has 0 aliphatic carbocycles. The topological polar surface area (TPSA) is 26.3 Å². The van der Waals surface area contributed by atoms with E-state index in [1.54, 1.807) is 32.0 Å². The number of carbonyl (C=O) groups is 1. The normalized spacial score (nSPS) is 12.3. The van der Waals surface area contributed by atoms with Crippen molar-refractivity contribution >= 4 is 21.9 Å². The fraction of sp³-hybridized carbons (Fsp3) is 0.364. The van der Waals surface area contributed by atoms with Gasteiger partial charge in [0.1, 0.15) is 5.82 Å². The summed E-state index contributed by atoms with van der Waals surface area (Å²) < 4.78 is 18.8. The van der Waals surface area contributed by atoms with E-state index in [0.717, 1.165) is 0 Å². The van der Waals surface area contributed by atoms with Crippen LogP contribution in [0.5, 0.6) is 0 Å². The quantitative estimate of drug-likeness (QED) is 0.791. The van der Waals surface area contributed by atoms with Gasteiger partial charge in [-0.2, -0.15) is 0 Å². The average molecular weight is 275 g/mol. The molecule has 0 radical (unpaired) electrons. The van der Waals surface area contributed by atoms with E-state index < -0.39 is 17.7 Å². The smallest absolute Gasteiger partial charge is 0.313 e. The fourth-order valence-electron chi connectivity index (χ4n) is 1.25. The monoisotopic (exact) mass is 274 g/mol. The lowest BCUT2D eigenvalue weighted by atomic mass is 10.0. The van der Waals surface area contributed by atoms with Gasteiger partial charge in [0.25, 0.3) is 0 Å². The number of hydrogen-bond acceptors (Lipinski definition) is 2. The summed E-state index contributed by atoms with van der Waals surface area (Å²) in [5.74, 6) is -1.39. The maximum atomic E-state index is 13.6. The summed E-state index contributed by atoms with van der Waals surface area (Å²) in [6, 6.07) is 4.87. The van der Waals surface area contributed by atoms with Crippen LogP contribution in [-0.2, 0) is 9.53 Å². The number of rotatable bonds is 3. The fourth-order valence-corrected chi connectivity index (χ4v) is 1.63. The molecule has 4 heteroatoms. The highest BCUT2D eigenvalue weighted by molar-refractivity contribution is 9.10. The Balaban J connectivity index is 2.96. The van der Waals surface area contributed by atoms with Crippen molar-refractivity contribution in [1.82, 2.24) is 0 Å². The van der Waals surface area contributed by atoms with Crippen LogP contribution in [0.1, 0.15) is 25.3 Å². The first-order valence-corrected chi connectivity index (χ1v) is 5.47. The van der Waals surface area contributed by atoms with Gasteiger partial charge in [0.2, 0.25) is 0 Å². The third kappa shape index (κ3) is 2.78. The van der Waals surface area contributed by atoms with Gasteiger partial charge >= 0.3 is 5.97 Å². The van der Waals surface area contributed by atoms with Crippen LogP contribution in [0.15, 0.2) is 22.7 Å². The van der Waals surface area contributed by atoms with Gasteiger partial charge in [-0.25, -0.2) is 4.39 Å². The summed E-state index contributed by atoms with van der Waals surface area (Å²) in [5.41, 5.74) is 0.350. The zero-order valence-corrected chi connectivity index (χ0v) is 10.2. The van der Waals surface area contributed by atoms with Crippen LogP contribution in [0.2, 0.25) is 0 Å². The van der Waals surface area contributed by atoms with E-state index in [1.807, 2.05) is 0 Å². The minimum Gasteiger partial charge on any atom is -0.466 e. The van der Waals surface area contributed by atoms with E-state index >= 15 is 0 Å². The molecule has 0 aromatic heterocycles. The van der Waals surface area contributed by atoms with E-state index in [0.29, 0.717) is 16.6 Å². The van der Waals surface area contributed by atoms with E-state index in [1.165, 1.54) is 0 Å². The second kappa shape index (κ2) is 5.26. The van der Waals surface area contributed by atoms with Gasteiger partial charge in [-0.3, -0.25) is 4.79 Å². The van der Waals surface area contributed by atoms with Crippen molar-refractivity contribution in [2.45, 2.75) is 19.8 Å². The van der Waals surface area contributed by atoms with Crippen molar-refractivity contribution in [1.29, 1.82) is 0 Å². The van der Waals surface area contributed by atoms with E-state index in [2.05, 4.69) is 15.9 Å². The molecule has 0 saturated heterocycles. The largest absolute Gasteiger partial charge is 0.466 e. The Morgan fingerprint density at radius 2 is 2.27 bits per heavy atom. The molecular formula is C11H12BrFO2. The first-order valence-electron chi connectivity index (χ1n) is 4.68. The first-order chi connectivity index (χ1) is 7.07. The lowest BCUT2D eigenvalue weighted by molar-refractivity contribution is -0.144. The molecule has 1 atom stereocenters. The molecule has 82 valence electrons. The van der Waals surface area contributed by atoms with Crippen LogP contribution in [-0.4, -0.2) is 12.6 Å². The molecule has 15 heavy (non-hydrogen) atoms. The Morgan fingerprint density at radius 3 is 2.87 bits per heavy atom. The molecule has 0 amide bonds. The lowest BCUT2D eigenvalue weighted by Crippen LogP contribution is -2.14. The lowest BCUT2D eigenvalue weighted by Gasteiger charge is -2.12. The Morgan fingerprint density at radius 1 is 1.60 bits per heavy atom. The number of esters is 1. The molecule has 0 aliphatic heterocycles. The molecule has 2 nitrogen and oxygen atoms in total. The van der Waals surface area contributed by atoms with Crippen molar-refractivity contribution in [3.8, 4) is 0 Å². The molecule has 1 unspecified atom stereocenters. The van der Waals surface area contributed by atoms with Gasteiger partial charge in [-0.15, -0.1) is 0 Å². The molecule has 0 aliphatic rings. The predicted molar refractivity (Wildman–Crippen MR) is 59.1 cm³/mol. The molecule has 0 fully saturated rings. The second-order valence-electron chi connectivity index (χ2n) is 3.12. The highest BCUT2D eigenvalue weighted by Gasteiger charge is 2.20. The second-order valence-corrected chi connectivity index (χ2v) is 3.97. The van der Waals surface area contributed by atoms with E-state index in [-0.39, 0.29) is 0 Å². The molecular weight excluding hydrogens is 263 g/mol. The predicted octanol–water partition coefficient (Wildman–Crippen LogP) is 3.25. The highest BCUT2D eigenvalue weighted by Crippen LogP contribution is 2.25. The van der Waals surface area contributed by atoms with Crippen LogP contribution in [0.25, 0.3) is 0 Å². The minimum atomic E-state index is -0.581. The molecule has 1 aromatic rings. The number of ether oxygens (including phenoxy) is 1. The molecule has 1 aromatic carbocycles. The summed E-state index contributed by atoms with van der Waals surface area (Å²) in [7, 11) is 0. The summed E-state index contributed by atoms with van der Waals surface area (Å²) in [6.45, 7) is 3.66. The number of benzene rings is 1. The third-order valence-corrected chi connectivity index (χ3v) is 2.70. The average Bonchev–Trinajstić information content (AvgIpc) is 2.21. The van der Waals surface area contributed by atoms with Crippen LogP contribution >= 0.6 is 15.9 Å². The number of hydrogen-bond donors (Lipinski definition) is 0. The van der Waals surface area contributed by atoms with Gasteiger partial charge < -0.3 is 4.74 Å². The summed E-state index contributed by atoms with van der Waals surface area (Å²) in [5, 5.41) is 0. The number of carbonyl (C=O) groups excluding carboxylic acids is 1. The van der Waals surface area contributed by atoms with Gasteiger partial charge in [-0.05, 0) is 35.8 Å². The minimum absolute atomic E-state index is 0.304. The third-order valence-electron chi connectivity index (χ3n) is 2.09. The highest BCUT2D eigenvalue weighted by atomic mass is 79.9. The Hall–Kier alpha value is -0.900. The van der Waals surface area contributed by atoms with Crippen LogP contribution in [0.3, 0.4) is 0 Å². The summed E-state index contributed by atoms with van der Waals surface area (Å²) in [4.78, 5) is 11.4. The van der Waals surface area contributed by atoms with Gasteiger partial charge in [0, 0.05) is 5.56 Å². The molecule has 0 bridgehead atoms. The Bertz CT molecular complexity index is 366. The van der Waals surface area contributed by atoms with Crippen molar-refractivity contribution < 1.29 is 13.9 Å².